The molecule has 0 radical (unpaired) electrons. The number of hydrogen-bond donors (Lipinski definition) is 1. The Balaban J connectivity index is 2.05. The molecule has 0 unspecified atom stereocenters. The average Bonchev–Trinajstić information content (AvgIpc) is 2.72. The molecule has 0 spiro atoms. The van der Waals surface area contributed by atoms with Crippen LogP contribution >= 0.6 is 23.1 Å². The van der Waals surface area contributed by atoms with E-state index < -0.39 is 0 Å². The van der Waals surface area contributed by atoms with Gasteiger partial charge in [-0.25, -0.2) is 4.98 Å². The molecule has 0 saturated carbocycles. The Labute approximate surface area is 111 Å². The minimum Gasteiger partial charge on any atom is -0.350 e. The maximum Gasteiger partial charge on any atom is 0.221 e. The molecule has 1 aromatic rings. The summed E-state index contributed by atoms with van der Waals surface area (Å²) in [5.74, 6) is 2.21. The number of carbonyl (C=O) groups excluding carboxylic acids is 1. The van der Waals surface area contributed by atoms with Crippen LogP contribution in [0.5, 0.6) is 0 Å². The van der Waals surface area contributed by atoms with Gasteiger partial charge < -0.3 is 5.32 Å². The smallest absolute Gasteiger partial charge is 0.221 e. The van der Waals surface area contributed by atoms with E-state index in [0.29, 0.717) is 13.0 Å². The molecular weight excluding hydrogens is 252 g/mol. The Morgan fingerprint density at radius 3 is 3.00 bits per heavy atom. The Morgan fingerprint density at radius 2 is 2.35 bits per heavy atom. The normalized spacial score (nSPS) is 10.5. The maximum absolute atomic E-state index is 11.5. The number of nitrogens with zero attached hydrogens (tertiary/aromatic N) is 1. The van der Waals surface area contributed by atoms with Crippen molar-refractivity contribution >= 4 is 29.0 Å². The summed E-state index contributed by atoms with van der Waals surface area (Å²) in [4.78, 5) is 15.8. The number of nitrogens with one attached hydrogen (secondary N) is 1. The first-order chi connectivity index (χ1) is 8.22. The van der Waals surface area contributed by atoms with E-state index in [1.165, 1.54) is 12.8 Å². The number of amides is 1. The lowest BCUT2D eigenvalue weighted by Crippen LogP contribution is -2.23. The third-order valence-corrected chi connectivity index (χ3v) is 4.14. The first-order valence-electron chi connectivity index (χ1n) is 5.97. The second kappa shape index (κ2) is 8.53. The van der Waals surface area contributed by atoms with Gasteiger partial charge in [0, 0.05) is 17.6 Å². The van der Waals surface area contributed by atoms with Crippen LogP contribution in [0.3, 0.4) is 0 Å². The molecule has 1 aromatic heterocycles. The molecule has 0 aliphatic carbocycles. The number of aryl methyl sites for hydroxylation is 1. The van der Waals surface area contributed by atoms with Crippen LogP contribution in [0.1, 0.15) is 36.9 Å². The van der Waals surface area contributed by atoms with E-state index in [2.05, 4.69) is 17.2 Å². The van der Waals surface area contributed by atoms with Crippen LogP contribution in [0.15, 0.2) is 5.38 Å². The number of carbonyl (C=O) groups is 1. The van der Waals surface area contributed by atoms with Crippen LogP contribution in [0.2, 0.25) is 0 Å². The summed E-state index contributed by atoms with van der Waals surface area (Å²) in [6.07, 6.45) is 3.07. The molecule has 5 heteroatoms. The van der Waals surface area contributed by atoms with Gasteiger partial charge in [-0.3, -0.25) is 4.79 Å². The van der Waals surface area contributed by atoms with Gasteiger partial charge in [0.15, 0.2) is 0 Å². The summed E-state index contributed by atoms with van der Waals surface area (Å²) in [6, 6.07) is 0. The molecule has 0 aromatic carbocycles. The number of unbranched alkanes of at least 4 members (excludes halogenated alkanes) is 1. The van der Waals surface area contributed by atoms with E-state index in [0.717, 1.165) is 22.2 Å². The van der Waals surface area contributed by atoms with Crippen molar-refractivity contribution in [2.45, 2.75) is 39.7 Å². The Hall–Kier alpha value is -0.550. The zero-order valence-corrected chi connectivity index (χ0v) is 12.1. The monoisotopic (exact) mass is 272 g/mol. The van der Waals surface area contributed by atoms with Gasteiger partial charge in [0.1, 0.15) is 0 Å². The van der Waals surface area contributed by atoms with E-state index in [-0.39, 0.29) is 5.91 Å². The van der Waals surface area contributed by atoms with Crippen LogP contribution in [-0.4, -0.2) is 22.4 Å². The SMILES string of the molecule is CCCCSCCC(=O)NCc1csc(C)n1. The van der Waals surface area contributed by atoms with E-state index in [1.54, 1.807) is 11.3 Å². The lowest BCUT2D eigenvalue weighted by atomic mass is 10.4. The summed E-state index contributed by atoms with van der Waals surface area (Å²) >= 11 is 3.47. The zero-order valence-electron chi connectivity index (χ0n) is 10.5. The highest BCUT2D eigenvalue weighted by Gasteiger charge is 2.03. The van der Waals surface area contributed by atoms with Crippen LogP contribution < -0.4 is 5.32 Å². The molecule has 0 aliphatic heterocycles. The Bertz CT molecular complexity index is 339. The highest BCUT2D eigenvalue weighted by atomic mass is 32.2. The van der Waals surface area contributed by atoms with Gasteiger partial charge in [0.05, 0.1) is 17.2 Å². The third kappa shape index (κ3) is 6.68. The summed E-state index contributed by atoms with van der Waals surface area (Å²) < 4.78 is 0. The summed E-state index contributed by atoms with van der Waals surface area (Å²) in [5, 5.41) is 5.93. The number of hydrogen-bond acceptors (Lipinski definition) is 4. The highest BCUT2D eigenvalue weighted by Crippen LogP contribution is 2.08. The minimum atomic E-state index is 0.125. The Morgan fingerprint density at radius 1 is 1.53 bits per heavy atom. The molecule has 0 bridgehead atoms. The molecule has 0 atom stereocenters. The fourth-order valence-electron chi connectivity index (χ4n) is 1.28. The lowest BCUT2D eigenvalue weighted by Gasteiger charge is -2.03. The van der Waals surface area contributed by atoms with Crippen molar-refractivity contribution < 1.29 is 4.79 Å². The van der Waals surface area contributed by atoms with Gasteiger partial charge >= 0.3 is 0 Å². The maximum atomic E-state index is 11.5. The molecule has 0 fully saturated rings. The predicted molar refractivity (Wildman–Crippen MR) is 75.5 cm³/mol. The lowest BCUT2D eigenvalue weighted by molar-refractivity contribution is -0.120. The van der Waals surface area contributed by atoms with E-state index in [4.69, 9.17) is 0 Å². The zero-order chi connectivity index (χ0) is 12.5. The van der Waals surface area contributed by atoms with E-state index in [1.807, 2.05) is 24.1 Å². The van der Waals surface area contributed by atoms with Crippen molar-refractivity contribution in [2.75, 3.05) is 11.5 Å². The quantitative estimate of drug-likeness (QED) is 0.740. The minimum absolute atomic E-state index is 0.125. The number of thiazole rings is 1. The van der Waals surface area contributed by atoms with Gasteiger partial charge in [-0.15, -0.1) is 11.3 Å². The first-order valence-corrected chi connectivity index (χ1v) is 8.01. The van der Waals surface area contributed by atoms with Crippen molar-refractivity contribution in [1.82, 2.24) is 10.3 Å². The molecule has 1 N–H and O–H groups in total. The van der Waals surface area contributed by atoms with E-state index in [9.17, 15) is 4.79 Å². The van der Waals surface area contributed by atoms with Gasteiger partial charge in [-0.05, 0) is 19.1 Å². The molecule has 0 aliphatic rings. The average molecular weight is 272 g/mol. The molecule has 3 nitrogen and oxygen atoms in total. The molecule has 1 heterocycles. The van der Waals surface area contributed by atoms with Gasteiger partial charge in [-0.1, -0.05) is 13.3 Å². The molecule has 0 saturated heterocycles. The number of aromatic nitrogens is 1. The molecular formula is C12H20N2OS2. The van der Waals surface area contributed by atoms with Crippen LogP contribution in [0.25, 0.3) is 0 Å². The molecule has 17 heavy (non-hydrogen) atoms. The molecule has 1 rings (SSSR count). The molecule has 96 valence electrons. The van der Waals surface area contributed by atoms with Crippen molar-refractivity contribution in [2.24, 2.45) is 0 Å². The van der Waals surface area contributed by atoms with Gasteiger partial charge in [0.25, 0.3) is 0 Å². The van der Waals surface area contributed by atoms with Crippen LogP contribution in [-0.2, 0) is 11.3 Å². The fraction of sp³-hybridized carbons (Fsp3) is 0.667. The van der Waals surface area contributed by atoms with Crippen molar-refractivity contribution in [1.29, 1.82) is 0 Å². The summed E-state index contributed by atoms with van der Waals surface area (Å²) in [6.45, 7) is 4.71. The predicted octanol–water partition coefficient (Wildman–Crippen LogP) is 2.99. The number of rotatable bonds is 8. The largest absolute Gasteiger partial charge is 0.350 e. The van der Waals surface area contributed by atoms with Crippen molar-refractivity contribution in [3.63, 3.8) is 0 Å². The third-order valence-electron chi connectivity index (χ3n) is 2.25. The Kier molecular flexibility index (Phi) is 7.28. The van der Waals surface area contributed by atoms with Crippen molar-refractivity contribution in [3.8, 4) is 0 Å². The highest BCUT2D eigenvalue weighted by molar-refractivity contribution is 7.99. The van der Waals surface area contributed by atoms with Crippen molar-refractivity contribution in [3.05, 3.63) is 16.1 Å². The van der Waals surface area contributed by atoms with Crippen LogP contribution in [0, 0.1) is 6.92 Å². The van der Waals surface area contributed by atoms with Gasteiger partial charge in [-0.2, -0.15) is 11.8 Å². The van der Waals surface area contributed by atoms with Gasteiger partial charge in [0.2, 0.25) is 5.91 Å². The second-order valence-corrected chi connectivity index (χ2v) is 6.14. The topological polar surface area (TPSA) is 42.0 Å². The van der Waals surface area contributed by atoms with Crippen LogP contribution in [0.4, 0.5) is 0 Å². The fourth-order valence-corrected chi connectivity index (χ4v) is 2.92. The molecule has 1 amide bonds. The summed E-state index contributed by atoms with van der Waals surface area (Å²) in [7, 11) is 0. The first kappa shape index (κ1) is 14.5. The van der Waals surface area contributed by atoms with E-state index >= 15 is 0 Å². The number of thioether (sulfide) groups is 1. The summed E-state index contributed by atoms with van der Waals surface area (Å²) in [5.41, 5.74) is 0.958. The second-order valence-electron chi connectivity index (χ2n) is 3.85. The standard InChI is InChI=1S/C12H20N2OS2/c1-3-4-6-16-7-5-12(15)13-8-11-9-17-10(2)14-11/h9H,3-8H2,1-2H3,(H,13,15).